The Hall–Kier alpha value is -1.09. The number of hydrogen-bond acceptors (Lipinski definition) is 1. The first-order chi connectivity index (χ1) is 9.13. The van der Waals surface area contributed by atoms with E-state index in [1.54, 1.807) is 12.1 Å². The fourth-order valence-corrected chi connectivity index (χ4v) is 2.33. The molecule has 0 heterocycles. The summed E-state index contributed by atoms with van der Waals surface area (Å²) in [6, 6.07) is 10.1. The van der Waals surface area contributed by atoms with Crippen molar-refractivity contribution in [2.45, 2.75) is 13.5 Å². The molecule has 2 rings (SSSR count). The number of nitrogens with one attached hydrogen (secondary N) is 1. The molecular formula is C15H14Cl2FN. The Morgan fingerprint density at radius 3 is 2.63 bits per heavy atom. The lowest BCUT2D eigenvalue weighted by atomic mass is 9.99. The molecule has 0 unspecified atom stereocenters. The molecule has 0 saturated heterocycles. The van der Waals surface area contributed by atoms with E-state index in [0.717, 1.165) is 23.2 Å². The monoisotopic (exact) mass is 297 g/mol. The highest BCUT2D eigenvalue weighted by Gasteiger charge is 2.11. The molecule has 0 aliphatic carbocycles. The van der Waals surface area contributed by atoms with Crippen LogP contribution in [0.15, 0.2) is 36.4 Å². The average molecular weight is 298 g/mol. The molecule has 1 N–H and O–H groups in total. The van der Waals surface area contributed by atoms with Gasteiger partial charge in [0.15, 0.2) is 0 Å². The van der Waals surface area contributed by atoms with Gasteiger partial charge in [-0.3, -0.25) is 0 Å². The minimum absolute atomic E-state index is 0.286. The fraction of sp³-hybridized carbons (Fsp3) is 0.200. The van der Waals surface area contributed by atoms with Gasteiger partial charge in [-0.1, -0.05) is 48.3 Å². The van der Waals surface area contributed by atoms with Crippen molar-refractivity contribution in [1.29, 1.82) is 0 Å². The van der Waals surface area contributed by atoms with Crippen molar-refractivity contribution < 1.29 is 4.39 Å². The Balaban J connectivity index is 2.53. The molecule has 0 spiro atoms. The van der Waals surface area contributed by atoms with Gasteiger partial charge in [0.1, 0.15) is 5.82 Å². The standard InChI is InChI=1S/C15H14Cl2FN/c1-2-19-9-10-6-7-11(18)8-13(10)12-4-3-5-14(16)15(12)17/h3-8,19H,2,9H2,1H3. The van der Waals surface area contributed by atoms with Gasteiger partial charge in [-0.15, -0.1) is 0 Å². The van der Waals surface area contributed by atoms with Crippen LogP contribution in [0.1, 0.15) is 12.5 Å². The van der Waals surface area contributed by atoms with Gasteiger partial charge in [-0.25, -0.2) is 4.39 Å². The molecule has 0 atom stereocenters. The van der Waals surface area contributed by atoms with Gasteiger partial charge in [-0.05, 0) is 35.9 Å². The molecule has 0 aliphatic rings. The van der Waals surface area contributed by atoms with E-state index < -0.39 is 0 Å². The van der Waals surface area contributed by atoms with Crippen LogP contribution in [0.5, 0.6) is 0 Å². The maximum Gasteiger partial charge on any atom is 0.123 e. The van der Waals surface area contributed by atoms with E-state index in [4.69, 9.17) is 23.2 Å². The highest BCUT2D eigenvalue weighted by atomic mass is 35.5. The molecule has 2 aromatic carbocycles. The first-order valence-corrected chi connectivity index (χ1v) is 6.82. The van der Waals surface area contributed by atoms with E-state index in [0.29, 0.717) is 16.6 Å². The van der Waals surface area contributed by atoms with Crippen molar-refractivity contribution in [2.24, 2.45) is 0 Å². The van der Waals surface area contributed by atoms with Crippen LogP contribution < -0.4 is 5.32 Å². The van der Waals surface area contributed by atoms with Gasteiger partial charge in [-0.2, -0.15) is 0 Å². The predicted octanol–water partition coefficient (Wildman–Crippen LogP) is 4.91. The Kier molecular flexibility index (Phi) is 4.81. The summed E-state index contributed by atoms with van der Waals surface area (Å²) in [7, 11) is 0. The Bertz CT molecular complexity index is 584. The lowest BCUT2D eigenvalue weighted by molar-refractivity contribution is 0.626. The van der Waals surface area contributed by atoms with Crippen LogP contribution in [0.25, 0.3) is 11.1 Å². The molecule has 0 radical (unpaired) electrons. The van der Waals surface area contributed by atoms with Crippen molar-refractivity contribution >= 4 is 23.2 Å². The normalized spacial score (nSPS) is 10.7. The summed E-state index contributed by atoms with van der Waals surface area (Å²) < 4.78 is 13.5. The van der Waals surface area contributed by atoms with Gasteiger partial charge >= 0.3 is 0 Å². The molecule has 0 fully saturated rings. The SMILES string of the molecule is CCNCc1ccc(F)cc1-c1cccc(Cl)c1Cl. The minimum Gasteiger partial charge on any atom is -0.313 e. The van der Waals surface area contributed by atoms with E-state index in [1.165, 1.54) is 12.1 Å². The molecule has 4 heteroatoms. The lowest BCUT2D eigenvalue weighted by Gasteiger charge is -2.12. The van der Waals surface area contributed by atoms with E-state index in [1.807, 2.05) is 19.1 Å². The largest absolute Gasteiger partial charge is 0.313 e. The second-order valence-corrected chi connectivity index (χ2v) is 4.97. The van der Waals surface area contributed by atoms with Gasteiger partial charge < -0.3 is 5.32 Å². The average Bonchev–Trinajstić information content (AvgIpc) is 2.40. The highest BCUT2D eigenvalue weighted by molar-refractivity contribution is 6.43. The fourth-order valence-electron chi connectivity index (χ4n) is 1.93. The summed E-state index contributed by atoms with van der Waals surface area (Å²) in [6.07, 6.45) is 0. The first-order valence-electron chi connectivity index (χ1n) is 6.07. The minimum atomic E-state index is -0.286. The quantitative estimate of drug-likeness (QED) is 0.845. The summed E-state index contributed by atoms with van der Waals surface area (Å²) in [4.78, 5) is 0. The molecule has 19 heavy (non-hydrogen) atoms. The van der Waals surface area contributed by atoms with Crippen LogP contribution in [-0.2, 0) is 6.54 Å². The molecular weight excluding hydrogens is 284 g/mol. The Morgan fingerprint density at radius 2 is 1.89 bits per heavy atom. The van der Waals surface area contributed by atoms with Crippen LogP contribution in [0, 0.1) is 5.82 Å². The molecule has 0 aromatic heterocycles. The van der Waals surface area contributed by atoms with E-state index >= 15 is 0 Å². The summed E-state index contributed by atoms with van der Waals surface area (Å²) in [6.45, 7) is 3.53. The summed E-state index contributed by atoms with van der Waals surface area (Å²) in [5, 5.41) is 4.15. The van der Waals surface area contributed by atoms with E-state index in [9.17, 15) is 4.39 Å². The number of rotatable bonds is 4. The van der Waals surface area contributed by atoms with Crippen molar-refractivity contribution in [3.8, 4) is 11.1 Å². The molecule has 0 amide bonds. The van der Waals surface area contributed by atoms with Crippen molar-refractivity contribution in [3.63, 3.8) is 0 Å². The Labute approximate surface area is 122 Å². The first kappa shape index (κ1) is 14.3. The summed E-state index contributed by atoms with van der Waals surface area (Å²) >= 11 is 12.2. The molecule has 100 valence electrons. The summed E-state index contributed by atoms with van der Waals surface area (Å²) in [5.41, 5.74) is 2.52. The molecule has 0 aliphatic heterocycles. The van der Waals surface area contributed by atoms with Crippen LogP contribution in [0.3, 0.4) is 0 Å². The number of benzene rings is 2. The van der Waals surface area contributed by atoms with Gasteiger partial charge in [0.25, 0.3) is 0 Å². The van der Waals surface area contributed by atoms with E-state index in [-0.39, 0.29) is 5.82 Å². The zero-order valence-electron chi connectivity index (χ0n) is 10.5. The molecule has 0 saturated carbocycles. The molecule has 1 nitrogen and oxygen atoms in total. The van der Waals surface area contributed by atoms with Crippen molar-refractivity contribution in [3.05, 3.63) is 57.8 Å². The second-order valence-electron chi connectivity index (χ2n) is 4.18. The van der Waals surface area contributed by atoms with Crippen LogP contribution in [-0.4, -0.2) is 6.54 Å². The van der Waals surface area contributed by atoms with Gasteiger partial charge in [0, 0.05) is 12.1 Å². The third-order valence-electron chi connectivity index (χ3n) is 2.88. The van der Waals surface area contributed by atoms with Crippen molar-refractivity contribution in [1.82, 2.24) is 5.32 Å². The number of hydrogen-bond donors (Lipinski definition) is 1. The van der Waals surface area contributed by atoms with Gasteiger partial charge in [0.2, 0.25) is 0 Å². The summed E-state index contributed by atoms with van der Waals surface area (Å²) in [5.74, 6) is -0.286. The zero-order chi connectivity index (χ0) is 13.8. The van der Waals surface area contributed by atoms with Crippen LogP contribution in [0.4, 0.5) is 4.39 Å². The lowest BCUT2D eigenvalue weighted by Crippen LogP contribution is -2.12. The van der Waals surface area contributed by atoms with E-state index in [2.05, 4.69) is 5.32 Å². The third kappa shape index (κ3) is 3.27. The van der Waals surface area contributed by atoms with Crippen molar-refractivity contribution in [2.75, 3.05) is 6.54 Å². The number of halogens is 3. The maximum absolute atomic E-state index is 13.5. The second kappa shape index (κ2) is 6.38. The van der Waals surface area contributed by atoms with Crippen LogP contribution >= 0.6 is 23.2 Å². The smallest absolute Gasteiger partial charge is 0.123 e. The highest BCUT2D eigenvalue weighted by Crippen LogP contribution is 2.35. The van der Waals surface area contributed by atoms with Crippen LogP contribution in [0.2, 0.25) is 10.0 Å². The third-order valence-corrected chi connectivity index (χ3v) is 3.70. The molecule has 0 bridgehead atoms. The molecule has 2 aromatic rings. The van der Waals surface area contributed by atoms with Gasteiger partial charge in [0.05, 0.1) is 10.0 Å². The zero-order valence-corrected chi connectivity index (χ0v) is 12.0. The topological polar surface area (TPSA) is 12.0 Å². The predicted molar refractivity (Wildman–Crippen MR) is 79.2 cm³/mol. The Morgan fingerprint density at radius 1 is 1.11 bits per heavy atom. The maximum atomic E-state index is 13.5.